The molecule has 206 valence electrons. The molecule has 2 amide bonds. The van der Waals surface area contributed by atoms with Crippen molar-refractivity contribution in [3.63, 3.8) is 0 Å². The molecular formula is C29H34N4O6. The maximum absolute atomic E-state index is 13.1. The van der Waals surface area contributed by atoms with Gasteiger partial charge in [0.25, 0.3) is 0 Å². The molecule has 0 bridgehead atoms. The monoisotopic (exact) mass is 534 g/mol. The van der Waals surface area contributed by atoms with Crippen LogP contribution >= 0.6 is 0 Å². The van der Waals surface area contributed by atoms with Crippen molar-refractivity contribution >= 4 is 34.7 Å². The molecule has 0 unspecified atom stereocenters. The normalized spacial score (nSPS) is 12.9. The SMILES string of the molecule is CCOC(=O)c1ccc(N2CCN(c3cccc(OC)c3)CC2)c(NC(=O)Nc2ccc(OC)cc2OC)c1. The summed E-state index contributed by atoms with van der Waals surface area (Å²) in [4.78, 5) is 30.0. The second kappa shape index (κ2) is 12.8. The number of piperazine rings is 1. The number of hydrogen-bond acceptors (Lipinski definition) is 8. The minimum Gasteiger partial charge on any atom is -0.497 e. The van der Waals surface area contributed by atoms with Crippen LogP contribution in [-0.2, 0) is 4.74 Å². The van der Waals surface area contributed by atoms with Crippen LogP contribution < -0.4 is 34.6 Å². The number of ether oxygens (including phenoxy) is 4. The van der Waals surface area contributed by atoms with Gasteiger partial charge in [0.2, 0.25) is 0 Å². The largest absolute Gasteiger partial charge is 0.497 e. The number of carbonyl (C=O) groups excluding carboxylic acids is 2. The van der Waals surface area contributed by atoms with Gasteiger partial charge in [-0.15, -0.1) is 0 Å². The van der Waals surface area contributed by atoms with Crippen molar-refractivity contribution in [2.75, 3.05) is 74.5 Å². The van der Waals surface area contributed by atoms with Gasteiger partial charge in [0, 0.05) is 44.0 Å². The van der Waals surface area contributed by atoms with Gasteiger partial charge < -0.3 is 39.4 Å². The number of esters is 1. The van der Waals surface area contributed by atoms with Gasteiger partial charge in [-0.25, -0.2) is 9.59 Å². The molecule has 1 aliphatic rings. The summed E-state index contributed by atoms with van der Waals surface area (Å²) in [6.45, 7) is 5.01. The first-order valence-electron chi connectivity index (χ1n) is 12.7. The Morgan fingerprint density at radius 3 is 2.15 bits per heavy atom. The minimum atomic E-state index is -0.476. The minimum absolute atomic E-state index is 0.257. The molecule has 1 saturated heterocycles. The number of methoxy groups -OCH3 is 3. The second-order valence-corrected chi connectivity index (χ2v) is 8.77. The lowest BCUT2D eigenvalue weighted by Crippen LogP contribution is -2.46. The Morgan fingerprint density at radius 1 is 0.769 bits per heavy atom. The van der Waals surface area contributed by atoms with E-state index in [1.807, 2.05) is 24.3 Å². The van der Waals surface area contributed by atoms with Crippen LogP contribution in [0.1, 0.15) is 17.3 Å². The molecule has 0 aromatic heterocycles. The van der Waals surface area contributed by atoms with Crippen molar-refractivity contribution in [2.24, 2.45) is 0 Å². The fraction of sp³-hybridized carbons (Fsp3) is 0.310. The zero-order valence-electron chi connectivity index (χ0n) is 22.7. The Morgan fingerprint density at radius 2 is 1.46 bits per heavy atom. The number of anilines is 4. The van der Waals surface area contributed by atoms with E-state index in [9.17, 15) is 9.59 Å². The van der Waals surface area contributed by atoms with Gasteiger partial charge in [0.05, 0.1) is 50.6 Å². The standard InChI is InChI=1S/C29H34N4O6/c1-5-39-28(34)20-9-12-26(33-15-13-32(14-16-33)21-7-6-8-22(18-21)36-2)25(17-20)31-29(35)30-24-11-10-23(37-3)19-27(24)38-4/h6-12,17-19H,5,13-16H2,1-4H3,(H2,30,31,35). The smallest absolute Gasteiger partial charge is 0.338 e. The van der Waals surface area contributed by atoms with Crippen molar-refractivity contribution < 1.29 is 28.5 Å². The summed E-state index contributed by atoms with van der Waals surface area (Å²) >= 11 is 0. The highest BCUT2D eigenvalue weighted by molar-refractivity contribution is 6.04. The first-order chi connectivity index (χ1) is 18.9. The maximum atomic E-state index is 13.1. The number of urea groups is 1. The summed E-state index contributed by atoms with van der Waals surface area (Å²) in [6, 6.07) is 17.8. The number of hydrogen-bond donors (Lipinski definition) is 2. The van der Waals surface area contributed by atoms with E-state index in [-0.39, 0.29) is 6.61 Å². The third-order valence-corrected chi connectivity index (χ3v) is 6.45. The van der Waals surface area contributed by atoms with Gasteiger partial charge >= 0.3 is 12.0 Å². The van der Waals surface area contributed by atoms with E-state index in [0.29, 0.717) is 28.4 Å². The van der Waals surface area contributed by atoms with Gasteiger partial charge in [-0.05, 0) is 49.4 Å². The van der Waals surface area contributed by atoms with Crippen LogP contribution in [0.3, 0.4) is 0 Å². The molecule has 0 atom stereocenters. The number of amides is 2. The zero-order valence-corrected chi connectivity index (χ0v) is 22.7. The van der Waals surface area contributed by atoms with Crippen LogP contribution in [0.15, 0.2) is 60.7 Å². The fourth-order valence-corrected chi connectivity index (χ4v) is 4.44. The molecule has 3 aromatic rings. The number of nitrogens with one attached hydrogen (secondary N) is 2. The number of carbonyl (C=O) groups is 2. The molecule has 0 aliphatic carbocycles. The molecule has 4 rings (SSSR count). The Bertz CT molecular complexity index is 1310. The average molecular weight is 535 g/mol. The van der Waals surface area contributed by atoms with Gasteiger partial charge in [-0.1, -0.05) is 6.07 Å². The number of rotatable bonds is 9. The summed E-state index contributed by atoms with van der Waals surface area (Å²) in [7, 11) is 4.74. The van der Waals surface area contributed by atoms with Gasteiger partial charge in [0.15, 0.2) is 0 Å². The molecule has 1 fully saturated rings. The Hall–Kier alpha value is -4.60. The summed E-state index contributed by atoms with van der Waals surface area (Å²) < 4.78 is 21.2. The van der Waals surface area contributed by atoms with Crippen molar-refractivity contribution in [1.82, 2.24) is 0 Å². The summed E-state index contributed by atoms with van der Waals surface area (Å²) in [5.41, 5.74) is 3.24. The molecule has 0 saturated carbocycles. The van der Waals surface area contributed by atoms with Crippen LogP contribution in [0.2, 0.25) is 0 Å². The van der Waals surface area contributed by atoms with E-state index < -0.39 is 12.0 Å². The van der Waals surface area contributed by atoms with Gasteiger partial charge in [0.1, 0.15) is 17.2 Å². The van der Waals surface area contributed by atoms with Gasteiger partial charge in [-0.2, -0.15) is 0 Å². The predicted molar refractivity (Wildman–Crippen MR) is 152 cm³/mol. The van der Waals surface area contributed by atoms with Crippen LogP contribution in [-0.4, -0.2) is 66.1 Å². The van der Waals surface area contributed by atoms with E-state index >= 15 is 0 Å². The lowest BCUT2D eigenvalue weighted by atomic mass is 10.1. The van der Waals surface area contributed by atoms with Crippen molar-refractivity contribution in [1.29, 1.82) is 0 Å². The highest BCUT2D eigenvalue weighted by atomic mass is 16.5. The van der Waals surface area contributed by atoms with E-state index in [2.05, 4.69) is 26.5 Å². The van der Waals surface area contributed by atoms with Crippen molar-refractivity contribution in [3.8, 4) is 17.2 Å². The Kier molecular flexibility index (Phi) is 8.98. The molecular weight excluding hydrogens is 500 g/mol. The maximum Gasteiger partial charge on any atom is 0.338 e. The number of benzene rings is 3. The third kappa shape index (κ3) is 6.64. The molecule has 0 spiro atoms. The summed E-state index contributed by atoms with van der Waals surface area (Å²) in [5.74, 6) is 1.43. The lowest BCUT2D eigenvalue weighted by molar-refractivity contribution is 0.0526. The highest BCUT2D eigenvalue weighted by Crippen LogP contribution is 2.32. The third-order valence-electron chi connectivity index (χ3n) is 6.45. The Balaban J connectivity index is 1.53. The molecule has 0 radical (unpaired) electrons. The van der Waals surface area contributed by atoms with Gasteiger partial charge in [-0.3, -0.25) is 0 Å². The second-order valence-electron chi connectivity index (χ2n) is 8.77. The lowest BCUT2D eigenvalue weighted by Gasteiger charge is -2.38. The van der Waals surface area contributed by atoms with E-state index in [1.165, 1.54) is 7.11 Å². The summed E-state index contributed by atoms with van der Waals surface area (Å²) in [6.07, 6.45) is 0. The van der Waals surface area contributed by atoms with E-state index in [4.69, 9.17) is 18.9 Å². The number of nitrogens with zero attached hydrogens (tertiary/aromatic N) is 2. The Labute approximate surface area is 228 Å². The summed E-state index contributed by atoms with van der Waals surface area (Å²) in [5, 5.41) is 5.73. The quantitative estimate of drug-likeness (QED) is 0.376. The first-order valence-corrected chi connectivity index (χ1v) is 12.7. The van der Waals surface area contributed by atoms with Crippen LogP contribution in [0.5, 0.6) is 17.2 Å². The molecule has 39 heavy (non-hydrogen) atoms. The molecule has 1 aliphatic heterocycles. The highest BCUT2D eigenvalue weighted by Gasteiger charge is 2.22. The molecule has 3 aromatic carbocycles. The topological polar surface area (TPSA) is 102 Å². The average Bonchev–Trinajstić information content (AvgIpc) is 2.97. The molecule has 1 heterocycles. The fourth-order valence-electron chi connectivity index (χ4n) is 4.44. The first kappa shape index (κ1) is 27.4. The molecule has 10 heteroatoms. The predicted octanol–water partition coefficient (Wildman–Crippen LogP) is 4.86. The van der Waals surface area contributed by atoms with E-state index in [0.717, 1.165) is 43.3 Å². The van der Waals surface area contributed by atoms with Crippen molar-refractivity contribution in [2.45, 2.75) is 6.92 Å². The van der Waals surface area contributed by atoms with Crippen LogP contribution in [0, 0.1) is 0 Å². The van der Waals surface area contributed by atoms with Crippen LogP contribution in [0.25, 0.3) is 0 Å². The van der Waals surface area contributed by atoms with E-state index in [1.54, 1.807) is 51.5 Å². The van der Waals surface area contributed by atoms with Crippen molar-refractivity contribution in [3.05, 3.63) is 66.2 Å². The van der Waals surface area contributed by atoms with Crippen LogP contribution in [0.4, 0.5) is 27.5 Å². The zero-order chi connectivity index (χ0) is 27.8. The molecule has 2 N–H and O–H groups in total. The molecule has 10 nitrogen and oxygen atoms in total.